The average molecular weight is 342 g/mol. The van der Waals surface area contributed by atoms with Gasteiger partial charge in [0.2, 0.25) is 0 Å². The average Bonchev–Trinajstić information content (AvgIpc) is 3.12. The van der Waals surface area contributed by atoms with Crippen molar-refractivity contribution in [3.05, 3.63) is 51.6 Å². The van der Waals surface area contributed by atoms with Crippen LogP contribution in [0, 0.1) is 6.92 Å². The number of aromatic nitrogens is 2. The van der Waals surface area contributed by atoms with Gasteiger partial charge in [-0.2, -0.15) is 0 Å². The van der Waals surface area contributed by atoms with Gasteiger partial charge in [-0.25, -0.2) is 4.98 Å². The Kier molecular flexibility index (Phi) is 4.54. The molecular formula is C20H27N3S. The lowest BCUT2D eigenvalue weighted by Crippen LogP contribution is -2.17. The van der Waals surface area contributed by atoms with Crippen molar-refractivity contribution in [2.45, 2.75) is 45.4 Å². The topological polar surface area (TPSA) is 43.8 Å². The molecule has 1 unspecified atom stereocenters. The van der Waals surface area contributed by atoms with Crippen LogP contribution in [0.15, 0.2) is 29.6 Å². The molecule has 0 amide bonds. The van der Waals surface area contributed by atoms with E-state index in [1.807, 2.05) is 0 Å². The van der Waals surface area contributed by atoms with E-state index in [4.69, 9.17) is 10.7 Å². The zero-order chi connectivity index (χ0) is 17.5. The summed E-state index contributed by atoms with van der Waals surface area (Å²) in [6.45, 7) is 9.44. The van der Waals surface area contributed by atoms with Gasteiger partial charge in [0.1, 0.15) is 0 Å². The zero-order valence-electron chi connectivity index (χ0n) is 15.3. The van der Waals surface area contributed by atoms with Gasteiger partial charge in [-0.1, -0.05) is 39.0 Å². The Labute approximate surface area is 148 Å². The lowest BCUT2D eigenvalue weighted by molar-refractivity contribution is 0.566. The fraction of sp³-hybridized carbons (Fsp3) is 0.450. The standard InChI is InChI=1S/C20H27N3S/c1-13-16(15-8-6-7-9-17(15)23(13)5)10-14(11-21)19-22-18(12-24-19)20(2,3)4/h6-9,12,14H,10-11,21H2,1-5H3. The molecule has 2 aromatic heterocycles. The van der Waals surface area contributed by atoms with Gasteiger partial charge in [0, 0.05) is 46.9 Å². The number of hydrogen-bond acceptors (Lipinski definition) is 3. The predicted molar refractivity (Wildman–Crippen MR) is 104 cm³/mol. The van der Waals surface area contributed by atoms with Crippen LogP contribution in [-0.4, -0.2) is 16.1 Å². The van der Waals surface area contributed by atoms with E-state index in [0.717, 1.165) is 17.1 Å². The van der Waals surface area contributed by atoms with E-state index in [1.165, 1.54) is 22.2 Å². The van der Waals surface area contributed by atoms with Crippen molar-refractivity contribution < 1.29 is 0 Å². The second kappa shape index (κ2) is 6.34. The minimum atomic E-state index is 0.0866. The largest absolute Gasteiger partial charge is 0.348 e. The van der Waals surface area contributed by atoms with Crippen LogP contribution in [0.4, 0.5) is 0 Å². The quantitative estimate of drug-likeness (QED) is 0.758. The van der Waals surface area contributed by atoms with Crippen molar-refractivity contribution in [1.82, 2.24) is 9.55 Å². The fourth-order valence-corrected chi connectivity index (χ4v) is 4.36. The van der Waals surface area contributed by atoms with E-state index in [-0.39, 0.29) is 11.3 Å². The number of aryl methyl sites for hydroxylation is 1. The summed E-state index contributed by atoms with van der Waals surface area (Å²) in [6, 6.07) is 8.62. The molecule has 3 rings (SSSR count). The summed E-state index contributed by atoms with van der Waals surface area (Å²) in [5.74, 6) is 0.274. The summed E-state index contributed by atoms with van der Waals surface area (Å²) in [7, 11) is 2.14. The summed E-state index contributed by atoms with van der Waals surface area (Å²) >= 11 is 1.75. The molecule has 0 spiro atoms. The number of rotatable bonds is 4. The van der Waals surface area contributed by atoms with Crippen LogP contribution >= 0.6 is 11.3 Å². The number of thiazole rings is 1. The molecule has 1 atom stereocenters. The Balaban J connectivity index is 1.97. The Hall–Kier alpha value is -1.65. The molecule has 128 valence electrons. The predicted octanol–water partition coefficient (Wildman–Crippen LogP) is 4.53. The maximum atomic E-state index is 6.13. The lowest BCUT2D eigenvalue weighted by atomic mass is 9.93. The molecule has 0 radical (unpaired) electrons. The van der Waals surface area contributed by atoms with E-state index in [1.54, 1.807) is 11.3 Å². The van der Waals surface area contributed by atoms with Crippen LogP contribution in [0.5, 0.6) is 0 Å². The highest BCUT2D eigenvalue weighted by Crippen LogP contribution is 2.32. The highest BCUT2D eigenvalue weighted by Gasteiger charge is 2.23. The summed E-state index contributed by atoms with van der Waals surface area (Å²) in [5.41, 5.74) is 11.4. The maximum Gasteiger partial charge on any atom is 0.0975 e. The van der Waals surface area contributed by atoms with E-state index < -0.39 is 0 Å². The van der Waals surface area contributed by atoms with Gasteiger partial charge in [0.25, 0.3) is 0 Å². The molecule has 0 fully saturated rings. The van der Waals surface area contributed by atoms with Crippen LogP contribution < -0.4 is 5.73 Å². The first-order valence-electron chi connectivity index (χ1n) is 8.51. The van der Waals surface area contributed by atoms with Crippen molar-refractivity contribution in [3.8, 4) is 0 Å². The normalized spacial score (nSPS) is 13.6. The third kappa shape index (κ3) is 3.01. The Bertz CT molecular complexity index is 852. The van der Waals surface area contributed by atoms with Crippen LogP contribution in [0.25, 0.3) is 10.9 Å². The highest BCUT2D eigenvalue weighted by molar-refractivity contribution is 7.09. The molecule has 0 saturated carbocycles. The third-order valence-electron chi connectivity index (χ3n) is 4.91. The lowest BCUT2D eigenvalue weighted by Gasteiger charge is -2.16. The molecule has 0 aliphatic carbocycles. The summed E-state index contributed by atoms with van der Waals surface area (Å²) in [6.07, 6.45) is 0.945. The number of nitrogens with two attached hydrogens (primary N) is 1. The van der Waals surface area contributed by atoms with Crippen LogP contribution in [0.2, 0.25) is 0 Å². The van der Waals surface area contributed by atoms with Crippen LogP contribution in [-0.2, 0) is 18.9 Å². The first kappa shape index (κ1) is 17.2. The molecule has 2 heterocycles. The van der Waals surface area contributed by atoms with E-state index in [0.29, 0.717) is 6.54 Å². The maximum absolute atomic E-state index is 6.13. The van der Waals surface area contributed by atoms with Gasteiger partial charge in [0.15, 0.2) is 0 Å². The molecule has 24 heavy (non-hydrogen) atoms. The van der Waals surface area contributed by atoms with Crippen molar-refractivity contribution in [1.29, 1.82) is 0 Å². The van der Waals surface area contributed by atoms with E-state index in [2.05, 4.69) is 69.0 Å². The molecule has 0 bridgehead atoms. The van der Waals surface area contributed by atoms with Crippen LogP contribution in [0.1, 0.15) is 48.6 Å². The first-order chi connectivity index (χ1) is 11.3. The van der Waals surface area contributed by atoms with Crippen molar-refractivity contribution in [3.63, 3.8) is 0 Å². The molecule has 1 aromatic carbocycles. The minimum Gasteiger partial charge on any atom is -0.348 e. The summed E-state index contributed by atoms with van der Waals surface area (Å²) in [5, 5.41) is 4.69. The monoisotopic (exact) mass is 341 g/mol. The molecular weight excluding hydrogens is 314 g/mol. The molecule has 3 nitrogen and oxygen atoms in total. The van der Waals surface area contributed by atoms with E-state index >= 15 is 0 Å². The van der Waals surface area contributed by atoms with Crippen molar-refractivity contribution in [2.24, 2.45) is 12.8 Å². The first-order valence-corrected chi connectivity index (χ1v) is 9.39. The summed E-state index contributed by atoms with van der Waals surface area (Å²) in [4.78, 5) is 4.90. The molecule has 0 aliphatic rings. The van der Waals surface area contributed by atoms with Crippen LogP contribution in [0.3, 0.4) is 0 Å². The minimum absolute atomic E-state index is 0.0866. The summed E-state index contributed by atoms with van der Waals surface area (Å²) < 4.78 is 2.28. The van der Waals surface area contributed by atoms with Gasteiger partial charge >= 0.3 is 0 Å². The Morgan fingerprint density at radius 2 is 1.96 bits per heavy atom. The van der Waals surface area contributed by atoms with Crippen molar-refractivity contribution in [2.75, 3.05) is 6.54 Å². The zero-order valence-corrected chi connectivity index (χ0v) is 16.1. The van der Waals surface area contributed by atoms with Crippen molar-refractivity contribution >= 4 is 22.2 Å². The van der Waals surface area contributed by atoms with Gasteiger partial charge in [-0.3, -0.25) is 0 Å². The second-order valence-electron chi connectivity index (χ2n) is 7.60. The van der Waals surface area contributed by atoms with Gasteiger partial charge < -0.3 is 10.3 Å². The van der Waals surface area contributed by atoms with Gasteiger partial charge in [0.05, 0.1) is 10.7 Å². The molecule has 3 aromatic rings. The second-order valence-corrected chi connectivity index (χ2v) is 8.49. The highest BCUT2D eigenvalue weighted by atomic mass is 32.1. The van der Waals surface area contributed by atoms with Gasteiger partial charge in [-0.15, -0.1) is 11.3 Å². The number of hydrogen-bond donors (Lipinski definition) is 1. The number of nitrogens with zero attached hydrogens (tertiary/aromatic N) is 2. The molecule has 2 N–H and O–H groups in total. The smallest absolute Gasteiger partial charge is 0.0975 e. The van der Waals surface area contributed by atoms with Gasteiger partial charge in [-0.05, 0) is 25.0 Å². The number of benzene rings is 1. The molecule has 4 heteroatoms. The SMILES string of the molecule is Cc1c(CC(CN)c2nc(C(C)(C)C)cs2)c2ccccc2n1C. The number of para-hydroxylation sites is 1. The van der Waals surface area contributed by atoms with E-state index in [9.17, 15) is 0 Å². The Morgan fingerprint density at radius 1 is 1.25 bits per heavy atom. The molecule has 0 saturated heterocycles. The molecule has 0 aliphatic heterocycles. The fourth-order valence-electron chi connectivity index (χ4n) is 3.19. The number of fused-ring (bicyclic) bond motifs is 1. The Morgan fingerprint density at radius 3 is 2.58 bits per heavy atom. The third-order valence-corrected chi connectivity index (χ3v) is 5.91.